The third-order valence-corrected chi connectivity index (χ3v) is 16.7. The van der Waals surface area contributed by atoms with Gasteiger partial charge in [-0.15, -0.1) is 22.7 Å². The molecule has 6 aromatic rings. The minimum absolute atomic E-state index is 0.00811. The van der Waals surface area contributed by atoms with E-state index in [0.29, 0.717) is 73.5 Å². The average molecular weight is 1280 g/mol. The number of aryl methyl sites for hydroxylation is 4. The van der Waals surface area contributed by atoms with Crippen LogP contribution in [-0.4, -0.2) is 145 Å². The number of Topliss-reactive ketones (excluding diaryl/α,β-unsaturated/α-hetero) is 2. The highest BCUT2D eigenvalue weighted by molar-refractivity contribution is 7.14. The number of piperazine rings is 1. The predicted octanol–water partition coefficient (Wildman–Crippen LogP) is 13.6. The third kappa shape index (κ3) is 26.1. The summed E-state index contributed by atoms with van der Waals surface area (Å²) in [7, 11) is 0. The van der Waals surface area contributed by atoms with E-state index in [1.807, 2.05) is 77.9 Å². The van der Waals surface area contributed by atoms with Crippen molar-refractivity contribution in [2.45, 2.75) is 166 Å². The van der Waals surface area contributed by atoms with Crippen LogP contribution in [0.4, 0.5) is 5.82 Å². The number of carbonyl (C=O) groups excluding carboxylic acids is 5. The Morgan fingerprint density at radius 3 is 1.52 bits per heavy atom. The van der Waals surface area contributed by atoms with Gasteiger partial charge < -0.3 is 14.5 Å². The molecule has 86 heavy (non-hydrogen) atoms. The highest BCUT2D eigenvalue weighted by atomic mass is 35.5. The van der Waals surface area contributed by atoms with Crippen LogP contribution in [0.25, 0.3) is 0 Å². The Morgan fingerprint density at radius 1 is 0.651 bits per heavy atom. The summed E-state index contributed by atoms with van der Waals surface area (Å²) in [6.45, 7) is 39.8. The van der Waals surface area contributed by atoms with Crippen LogP contribution in [0.15, 0.2) is 60.9 Å². The molecule has 0 saturated carbocycles. The maximum absolute atomic E-state index is 12.9. The van der Waals surface area contributed by atoms with E-state index in [9.17, 15) is 14.4 Å². The largest absolute Gasteiger partial charge is 0.459 e. The molecular weight excluding hydrogens is 1190 g/mol. The molecule has 468 valence electrons. The summed E-state index contributed by atoms with van der Waals surface area (Å²) >= 11 is 21.3. The molecule has 4 aromatic heterocycles. The SMILES string of the molecule is CC(C)(C)CN1CCCCC1.CCN(C(C)C)C(C)C.Cc1nc(Cc2ncc(C(=O)Cc3c(C)cccc3Cl)s2)cc(N2CCN(CC(=O)OC(C)(C)C)CC2)n1.Cc1nc(Cl)cc(Cc2ncc(C(=O)Cc3c(C)cccc3Cl)s2)n1.O=C=O. The zero-order valence-corrected chi connectivity index (χ0v) is 57.0. The number of ether oxygens (including phenoxy) is 1. The number of ketones is 2. The fraction of sp³-hybridized carbons (Fsp3) is 0.538. The van der Waals surface area contributed by atoms with Crippen LogP contribution in [0.1, 0.15) is 170 Å². The number of aromatic nitrogens is 6. The minimum Gasteiger partial charge on any atom is -0.459 e. The number of anilines is 1. The number of thiazole rings is 2. The van der Waals surface area contributed by atoms with Crippen molar-refractivity contribution in [3.05, 3.63) is 141 Å². The van der Waals surface area contributed by atoms with Crippen molar-refractivity contribution in [2.75, 3.05) is 63.8 Å². The second-order valence-electron chi connectivity index (χ2n) is 24.2. The molecule has 0 radical (unpaired) electrons. The van der Waals surface area contributed by atoms with Crippen molar-refractivity contribution in [3.63, 3.8) is 0 Å². The van der Waals surface area contributed by atoms with Crippen LogP contribution >= 0.6 is 57.5 Å². The van der Waals surface area contributed by atoms with Gasteiger partial charge in [0.15, 0.2) is 11.6 Å². The van der Waals surface area contributed by atoms with Gasteiger partial charge in [-0.25, -0.2) is 29.9 Å². The number of benzene rings is 2. The Labute approximate surface area is 533 Å². The summed E-state index contributed by atoms with van der Waals surface area (Å²) in [6.07, 6.45) is 9.35. The number of esters is 1. The Balaban J connectivity index is 0.000000280. The highest BCUT2D eigenvalue weighted by Gasteiger charge is 2.25. The van der Waals surface area contributed by atoms with Gasteiger partial charge in [0.1, 0.15) is 28.2 Å². The lowest BCUT2D eigenvalue weighted by Crippen LogP contribution is -2.49. The molecular formula is C65H89Cl3N10O6S2. The first-order valence-corrected chi connectivity index (χ1v) is 32.2. The van der Waals surface area contributed by atoms with E-state index < -0.39 is 5.60 Å². The maximum atomic E-state index is 12.9. The van der Waals surface area contributed by atoms with Crippen LogP contribution in [0.5, 0.6) is 0 Å². The first kappa shape index (κ1) is 73.1. The van der Waals surface area contributed by atoms with Gasteiger partial charge in [0, 0.05) is 99.0 Å². The quantitative estimate of drug-likeness (QED) is 0.0477. The first-order valence-electron chi connectivity index (χ1n) is 29.4. The second kappa shape index (κ2) is 35.6. The van der Waals surface area contributed by atoms with E-state index >= 15 is 0 Å². The van der Waals surface area contributed by atoms with Gasteiger partial charge >= 0.3 is 12.1 Å². The molecule has 0 N–H and O–H groups in total. The molecule has 2 saturated heterocycles. The molecule has 2 fully saturated rings. The molecule has 0 unspecified atom stereocenters. The lowest BCUT2D eigenvalue weighted by Gasteiger charge is -2.35. The minimum atomic E-state index is -0.478. The van der Waals surface area contributed by atoms with E-state index in [0.717, 1.165) is 82.2 Å². The molecule has 2 aliphatic heterocycles. The van der Waals surface area contributed by atoms with E-state index in [1.165, 1.54) is 61.6 Å². The monoisotopic (exact) mass is 1270 g/mol. The van der Waals surface area contributed by atoms with Gasteiger partial charge in [-0.3, -0.25) is 24.2 Å². The van der Waals surface area contributed by atoms with Gasteiger partial charge in [0.05, 0.1) is 37.7 Å². The second-order valence-corrected chi connectivity index (χ2v) is 27.6. The molecule has 0 atom stereocenters. The smallest absolute Gasteiger partial charge is 0.373 e. The van der Waals surface area contributed by atoms with Crippen LogP contribution < -0.4 is 4.90 Å². The molecule has 21 heteroatoms. The zero-order chi connectivity index (χ0) is 63.9. The van der Waals surface area contributed by atoms with E-state index in [-0.39, 0.29) is 36.5 Å². The van der Waals surface area contributed by atoms with E-state index in [4.69, 9.17) is 49.1 Å². The average Bonchev–Trinajstić information content (AvgIpc) is 3.00. The summed E-state index contributed by atoms with van der Waals surface area (Å²) in [5.41, 5.74) is 5.39. The Kier molecular flexibility index (Phi) is 30.2. The van der Waals surface area contributed by atoms with Gasteiger partial charge in [0.2, 0.25) is 0 Å². The molecule has 0 aliphatic carbocycles. The number of carbonyl (C=O) groups is 3. The Bertz CT molecular complexity index is 3090. The highest BCUT2D eigenvalue weighted by Crippen LogP contribution is 2.27. The number of hydrogen-bond donors (Lipinski definition) is 0. The van der Waals surface area contributed by atoms with Crippen molar-refractivity contribution in [1.82, 2.24) is 44.6 Å². The Morgan fingerprint density at radius 2 is 1.12 bits per heavy atom. The van der Waals surface area contributed by atoms with Crippen LogP contribution in [0.3, 0.4) is 0 Å². The van der Waals surface area contributed by atoms with Gasteiger partial charge in [-0.2, -0.15) is 9.59 Å². The number of nitrogens with zero attached hydrogens (tertiary/aromatic N) is 10. The lowest BCUT2D eigenvalue weighted by atomic mass is 9.95. The van der Waals surface area contributed by atoms with Crippen molar-refractivity contribution < 1.29 is 28.7 Å². The van der Waals surface area contributed by atoms with Crippen molar-refractivity contribution >= 4 is 87.0 Å². The third-order valence-electron chi connectivity index (χ3n) is 13.7. The number of halogens is 3. The van der Waals surface area contributed by atoms with E-state index in [1.54, 1.807) is 31.5 Å². The molecule has 6 heterocycles. The van der Waals surface area contributed by atoms with Gasteiger partial charge in [-0.1, -0.05) is 93.2 Å². The van der Waals surface area contributed by atoms with Crippen LogP contribution in [0, 0.1) is 33.1 Å². The van der Waals surface area contributed by atoms with Crippen molar-refractivity contribution in [1.29, 1.82) is 0 Å². The fourth-order valence-electron chi connectivity index (χ4n) is 9.98. The molecule has 0 bridgehead atoms. The predicted molar refractivity (Wildman–Crippen MR) is 349 cm³/mol. The van der Waals surface area contributed by atoms with Crippen molar-refractivity contribution in [2.24, 2.45) is 5.41 Å². The summed E-state index contributed by atoms with van der Waals surface area (Å²) in [6, 6.07) is 16.4. The number of rotatable bonds is 17. The van der Waals surface area contributed by atoms with Gasteiger partial charge in [-0.05, 0) is 155 Å². The molecule has 8 rings (SSSR count). The van der Waals surface area contributed by atoms with E-state index in [2.05, 4.69) is 105 Å². The number of piperidine rings is 1. The van der Waals surface area contributed by atoms with Crippen LogP contribution in [-0.2, 0) is 44.8 Å². The number of hydrogen-bond acceptors (Lipinski definition) is 18. The van der Waals surface area contributed by atoms with Crippen LogP contribution in [0.2, 0.25) is 15.2 Å². The zero-order valence-electron chi connectivity index (χ0n) is 53.1. The summed E-state index contributed by atoms with van der Waals surface area (Å²) in [5, 5.41) is 3.27. The van der Waals surface area contributed by atoms with Crippen molar-refractivity contribution in [3.8, 4) is 0 Å². The standard InChI is InChI=1S/C28H34ClN5O3S.C18H15Cl2N3OS.C10H21N.C8H19N.CO2/c1-18-7-6-8-22(29)21(18)15-23(35)24-16-30-26(38-24)14-20-13-25(32-19(2)31-20)34-11-9-33(10-12-34)17-27(36)37-28(3,4)5;1-10-4-3-5-14(19)13(10)8-15(24)16-9-21-18(25-16)7-12-6-17(20)23-11(2)22-12;1-10(2,3)9-11-7-5-4-6-8-11;1-6-9(7(2)3)8(4)5;2-1-3/h6-8,13,16H,9-12,14-15,17H2,1-5H3;3-6,9H,7-8H2,1-2H3;4-9H2,1-3H3;7-8H,6H2,1-5H3;. The maximum Gasteiger partial charge on any atom is 0.373 e. The summed E-state index contributed by atoms with van der Waals surface area (Å²) in [4.78, 5) is 91.0. The number of likely N-dealkylation sites (tertiary alicyclic amines) is 1. The molecule has 2 aliphatic rings. The topological polar surface area (TPSA) is 185 Å². The molecule has 0 amide bonds. The summed E-state index contributed by atoms with van der Waals surface area (Å²) < 4.78 is 5.45. The lowest BCUT2D eigenvalue weighted by molar-refractivity contribution is -0.191. The Hall–Kier alpha value is -5.40. The molecule has 0 spiro atoms. The molecule has 2 aromatic carbocycles. The first-order chi connectivity index (χ1) is 40.5. The summed E-state index contributed by atoms with van der Waals surface area (Å²) in [5.74, 6) is 1.99. The normalized spacial score (nSPS) is 13.8. The fourth-order valence-corrected chi connectivity index (χ4v) is 12.5. The molecule has 16 nitrogen and oxygen atoms in total. The van der Waals surface area contributed by atoms with Gasteiger partial charge in [0.25, 0.3) is 0 Å².